The number of rotatable bonds is 7. The molecule has 0 saturated carbocycles. The first kappa shape index (κ1) is 20.3. The summed E-state index contributed by atoms with van der Waals surface area (Å²) in [5.74, 6) is 0. The molecule has 0 unspecified atom stereocenters. The average Bonchev–Trinajstić information content (AvgIpc) is 2.67. The molecule has 2 atom stereocenters. The Bertz CT molecular complexity index is 834. The van der Waals surface area contributed by atoms with Gasteiger partial charge in [-0.15, -0.1) is 0 Å². The second kappa shape index (κ2) is 9.17. The average molecular weight is 411 g/mol. The van der Waals surface area contributed by atoms with Crippen LogP contribution >= 0.6 is 11.6 Å². The number of halogens is 1. The first-order valence-corrected chi connectivity index (χ1v) is 10.7. The van der Waals surface area contributed by atoms with Gasteiger partial charge in [0, 0.05) is 5.02 Å². The van der Waals surface area contributed by atoms with Crippen molar-refractivity contribution in [3.05, 3.63) is 64.7 Å². The first-order chi connectivity index (χ1) is 12.9. The lowest BCUT2D eigenvalue weighted by molar-refractivity contribution is -0.204. The molecule has 0 aliphatic carbocycles. The lowest BCUT2D eigenvalue weighted by Gasteiger charge is -2.29. The zero-order chi connectivity index (χ0) is 19.3. The Morgan fingerprint density at radius 2 is 1.78 bits per heavy atom. The number of benzene rings is 2. The maximum atomic E-state index is 12.3. The van der Waals surface area contributed by atoms with Crippen LogP contribution < -0.4 is 0 Å². The summed E-state index contributed by atoms with van der Waals surface area (Å²) in [7, 11) is -3.79. The molecular weight excluding hydrogens is 388 g/mol. The topological polar surface area (TPSA) is 61.8 Å². The molecule has 1 aliphatic heterocycles. The predicted molar refractivity (Wildman–Crippen MR) is 103 cm³/mol. The van der Waals surface area contributed by atoms with Crippen molar-refractivity contribution in [1.29, 1.82) is 0 Å². The molecule has 1 fully saturated rings. The quantitative estimate of drug-likeness (QED) is 0.630. The van der Waals surface area contributed by atoms with Crippen molar-refractivity contribution >= 4 is 21.7 Å². The molecule has 2 aromatic carbocycles. The third kappa shape index (κ3) is 6.02. The van der Waals surface area contributed by atoms with Crippen LogP contribution in [-0.2, 0) is 30.4 Å². The van der Waals surface area contributed by atoms with E-state index < -0.39 is 10.1 Å². The van der Waals surface area contributed by atoms with Gasteiger partial charge in [0.15, 0.2) is 6.29 Å². The van der Waals surface area contributed by atoms with Crippen LogP contribution in [0.5, 0.6) is 0 Å². The molecule has 146 valence electrons. The van der Waals surface area contributed by atoms with Crippen LogP contribution in [0.15, 0.2) is 53.4 Å². The molecular formula is C20H23ClO5S. The third-order valence-corrected chi connectivity index (χ3v) is 5.93. The number of aryl methyl sites for hydroxylation is 1. The summed E-state index contributed by atoms with van der Waals surface area (Å²) in [5.41, 5.74) is 1.99. The van der Waals surface area contributed by atoms with Crippen LogP contribution in [0.4, 0.5) is 0 Å². The summed E-state index contributed by atoms with van der Waals surface area (Å²) in [5, 5.41) is 0.680. The summed E-state index contributed by atoms with van der Waals surface area (Å²) < 4.78 is 41.4. The van der Waals surface area contributed by atoms with Gasteiger partial charge in [0.2, 0.25) is 0 Å². The van der Waals surface area contributed by atoms with Crippen LogP contribution in [0.3, 0.4) is 0 Å². The van der Waals surface area contributed by atoms with Crippen LogP contribution in [0, 0.1) is 6.92 Å². The van der Waals surface area contributed by atoms with Crippen molar-refractivity contribution in [3.63, 3.8) is 0 Å². The molecule has 1 saturated heterocycles. The number of hydrogen-bond donors (Lipinski definition) is 0. The molecule has 0 bridgehead atoms. The standard InChI is InChI=1S/C20H23ClO5S/c1-15-5-11-19(12-6-15)27(22,23)25-14-18-3-2-4-20(26-18)24-13-16-7-9-17(21)10-8-16/h5-12,18,20H,2-4,13-14H2,1H3/t18-,20-/m1/s1. The van der Waals surface area contributed by atoms with E-state index in [4.69, 9.17) is 25.3 Å². The number of ether oxygens (including phenoxy) is 2. The van der Waals surface area contributed by atoms with Gasteiger partial charge in [-0.25, -0.2) is 0 Å². The van der Waals surface area contributed by atoms with Gasteiger partial charge < -0.3 is 9.47 Å². The van der Waals surface area contributed by atoms with Gasteiger partial charge in [-0.1, -0.05) is 41.4 Å². The molecule has 7 heteroatoms. The van der Waals surface area contributed by atoms with E-state index in [-0.39, 0.29) is 23.9 Å². The molecule has 1 aliphatic rings. The second-order valence-electron chi connectivity index (χ2n) is 6.61. The summed E-state index contributed by atoms with van der Waals surface area (Å²) in [6, 6.07) is 14.0. The molecule has 0 amide bonds. The lowest BCUT2D eigenvalue weighted by atomic mass is 10.1. The fourth-order valence-corrected chi connectivity index (χ4v) is 3.88. The van der Waals surface area contributed by atoms with Gasteiger partial charge in [0.05, 0.1) is 24.2 Å². The Balaban J connectivity index is 1.49. The van der Waals surface area contributed by atoms with Gasteiger partial charge in [0.1, 0.15) is 0 Å². The molecule has 1 heterocycles. The predicted octanol–water partition coefficient (Wildman–Crippen LogP) is 4.47. The highest BCUT2D eigenvalue weighted by molar-refractivity contribution is 7.86. The van der Waals surface area contributed by atoms with Crippen molar-refractivity contribution in [2.45, 2.75) is 50.1 Å². The second-order valence-corrected chi connectivity index (χ2v) is 8.66. The zero-order valence-electron chi connectivity index (χ0n) is 15.1. The van der Waals surface area contributed by atoms with Crippen LogP contribution in [-0.4, -0.2) is 27.4 Å². The van der Waals surface area contributed by atoms with Gasteiger partial charge >= 0.3 is 0 Å². The van der Waals surface area contributed by atoms with Crippen LogP contribution in [0.25, 0.3) is 0 Å². The minimum atomic E-state index is -3.79. The highest BCUT2D eigenvalue weighted by Gasteiger charge is 2.25. The monoisotopic (exact) mass is 410 g/mol. The Hall–Kier alpha value is -1.44. The van der Waals surface area contributed by atoms with E-state index in [1.807, 2.05) is 31.2 Å². The van der Waals surface area contributed by atoms with Gasteiger partial charge in [-0.2, -0.15) is 8.42 Å². The number of hydrogen-bond acceptors (Lipinski definition) is 5. The largest absolute Gasteiger partial charge is 0.348 e. The summed E-state index contributed by atoms with van der Waals surface area (Å²) in [6.45, 7) is 2.30. The van der Waals surface area contributed by atoms with Crippen molar-refractivity contribution in [2.75, 3.05) is 6.61 Å². The molecule has 3 rings (SSSR count). The Morgan fingerprint density at radius 3 is 2.48 bits per heavy atom. The molecule has 0 spiro atoms. The minimum Gasteiger partial charge on any atom is -0.348 e. The van der Waals surface area contributed by atoms with Gasteiger partial charge in [-0.05, 0) is 56.0 Å². The molecule has 0 aromatic heterocycles. The van der Waals surface area contributed by atoms with Crippen LogP contribution in [0.1, 0.15) is 30.4 Å². The van der Waals surface area contributed by atoms with E-state index in [0.717, 1.165) is 30.4 Å². The fraction of sp³-hybridized carbons (Fsp3) is 0.400. The minimum absolute atomic E-state index is 0.0169. The van der Waals surface area contributed by atoms with E-state index in [1.165, 1.54) is 0 Å². The molecule has 0 radical (unpaired) electrons. The third-order valence-electron chi connectivity index (χ3n) is 4.38. The Kier molecular flexibility index (Phi) is 6.89. The van der Waals surface area contributed by atoms with Crippen molar-refractivity contribution in [3.8, 4) is 0 Å². The van der Waals surface area contributed by atoms with E-state index in [2.05, 4.69) is 0 Å². The highest BCUT2D eigenvalue weighted by atomic mass is 35.5. The first-order valence-electron chi connectivity index (χ1n) is 8.90. The SMILES string of the molecule is Cc1ccc(S(=O)(=O)OC[C@H]2CCC[C@H](OCc3ccc(Cl)cc3)O2)cc1. The van der Waals surface area contributed by atoms with Crippen LogP contribution in [0.2, 0.25) is 5.02 Å². The van der Waals surface area contributed by atoms with E-state index in [9.17, 15) is 8.42 Å². The van der Waals surface area contributed by atoms with Crippen molar-refractivity contribution in [2.24, 2.45) is 0 Å². The highest BCUT2D eigenvalue weighted by Crippen LogP contribution is 2.23. The summed E-state index contributed by atoms with van der Waals surface area (Å²) >= 11 is 5.87. The zero-order valence-corrected chi connectivity index (χ0v) is 16.7. The van der Waals surface area contributed by atoms with Gasteiger partial charge in [-0.3, -0.25) is 4.18 Å². The molecule has 2 aromatic rings. The molecule has 27 heavy (non-hydrogen) atoms. The van der Waals surface area contributed by atoms with Crippen molar-refractivity contribution in [1.82, 2.24) is 0 Å². The summed E-state index contributed by atoms with van der Waals surface area (Å²) in [6.07, 6.45) is 1.72. The maximum Gasteiger partial charge on any atom is 0.297 e. The lowest BCUT2D eigenvalue weighted by Crippen LogP contribution is -2.33. The van der Waals surface area contributed by atoms with E-state index in [1.54, 1.807) is 24.3 Å². The van der Waals surface area contributed by atoms with Gasteiger partial charge in [0.25, 0.3) is 10.1 Å². The maximum absolute atomic E-state index is 12.3. The Labute approximate surface area is 165 Å². The summed E-state index contributed by atoms with van der Waals surface area (Å²) in [4.78, 5) is 0.152. The van der Waals surface area contributed by atoms with E-state index >= 15 is 0 Å². The normalized spacial score (nSPS) is 20.5. The molecule has 5 nitrogen and oxygen atoms in total. The van der Waals surface area contributed by atoms with E-state index in [0.29, 0.717) is 11.6 Å². The Morgan fingerprint density at radius 1 is 1.07 bits per heavy atom. The fourth-order valence-electron chi connectivity index (χ4n) is 2.82. The molecule has 0 N–H and O–H groups in total. The van der Waals surface area contributed by atoms with Crippen molar-refractivity contribution < 1.29 is 22.1 Å². The smallest absolute Gasteiger partial charge is 0.297 e.